The fourth-order valence-corrected chi connectivity index (χ4v) is 7.38. The molecule has 8 rings (SSSR count). The van der Waals surface area contributed by atoms with Gasteiger partial charge in [0.25, 0.3) is 0 Å². The second-order valence-corrected chi connectivity index (χ2v) is 11.5. The summed E-state index contributed by atoms with van der Waals surface area (Å²) in [7, 11) is 0. The van der Waals surface area contributed by atoms with Gasteiger partial charge in [-0.15, -0.1) is 0 Å². The molecule has 0 unspecified atom stereocenters. The summed E-state index contributed by atoms with van der Waals surface area (Å²) in [4.78, 5) is 8.06. The predicted octanol–water partition coefficient (Wildman–Crippen LogP) is 5.76. The lowest BCUT2D eigenvalue weighted by Crippen LogP contribution is -2.71. The van der Waals surface area contributed by atoms with Crippen LogP contribution in [0.3, 0.4) is 0 Å². The Morgan fingerprint density at radius 1 is 1.08 bits per heavy atom. The second kappa shape index (κ2) is 8.25. The smallest absolute Gasteiger partial charge is 0.135 e. The molecule has 1 N–H and O–H groups in total. The van der Waals surface area contributed by atoms with Crippen LogP contribution >= 0.6 is 0 Å². The number of aromatic nitrogens is 1. The number of likely N-dealkylation sites (tertiary alicyclic amines) is 1. The lowest BCUT2D eigenvalue weighted by atomic mass is 9.48. The first kappa shape index (κ1) is 22.7. The van der Waals surface area contributed by atoms with Crippen LogP contribution in [0.4, 0.5) is 13.2 Å². The molecule has 2 aliphatic heterocycles. The number of H-pyrrole nitrogens is 1. The van der Waals surface area contributed by atoms with Crippen molar-refractivity contribution >= 4 is 10.9 Å². The van der Waals surface area contributed by atoms with E-state index < -0.39 is 17.7 Å². The van der Waals surface area contributed by atoms with E-state index in [-0.39, 0.29) is 35.7 Å². The van der Waals surface area contributed by atoms with Gasteiger partial charge < -0.3 is 9.72 Å². The maximum absolute atomic E-state index is 15.9. The molecule has 190 valence electrons. The van der Waals surface area contributed by atoms with Crippen LogP contribution in [0.2, 0.25) is 0 Å². The molecule has 0 radical (unpaired) electrons. The molecule has 1 aromatic heterocycles. The largest absolute Gasteiger partial charge is 0.488 e. The number of ether oxygens (including phenoxy) is 1. The van der Waals surface area contributed by atoms with Crippen LogP contribution in [0.5, 0.6) is 5.75 Å². The van der Waals surface area contributed by atoms with Gasteiger partial charge in [0.15, 0.2) is 0 Å². The van der Waals surface area contributed by atoms with Crippen molar-refractivity contribution in [1.29, 1.82) is 0 Å². The lowest BCUT2D eigenvalue weighted by Gasteiger charge is -2.70. The number of para-hydroxylation sites is 1. The van der Waals surface area contributed by atoms with Crippen molar-refractivity contribution in [2.24, 2.45) is 5.92 Å². The minimum absolute atomic E-state index is 0.0484. The van der Waals surface area contributed by atoms with Crippen molar-refractivity contribution in [3.63, 3.8) is 0 Å². The zero-order valence-corrected chi connectivity index (χ0v) is 20.6. The van der Waals surface area contributed by atoms with E-state index in [0.29, 0.717) is 26.1 Å². The summed E-state index contributed by atoms with van der Waals surface area (Å²) in [6.45, 7) is 3.86. The lowest BCUT2D eigenvalue weighted by molar-refractivity contribution is -0.174. The number of nitrogens with zero attached hydrogens (tertiary/aromatic N) is 2. The fraction of sp³-hybridized carbons (Fsp3) is 0.517. The van der Waals surface area contributed by atoms with E-state index in [1.54, 1.807) is 0 Å². The number of benzene rings is 2. The molecule has 36 heavy (non-hydrogen) atoms. The highest BCUT2D eigenvalue weighted by molar-refractivity contribution is 5.85. The number of hydrogen-bond donors (Lipinski definition) is 1. The highest BCUT2D eigenvalue weighted by Crippen LogP contribution is 2.64. The molecular formula is C29H32F3N3O. The molecule has 3 saturated carbocycles. The fourth-order valence-electron chi connectivity index (χ4n) is 7.38. The van der Waals surface area contributed by atoms with E-state index >= 15 is 8.78 Å². The molecule has 4 fully saturated rings. The molecule has 2 bridgehead atoms. The van der Waals surface area contributed by atoms with Gasteiger partial charge in [0.05, 0.1) is 12.7 Å². The van der Waals surface area contributed by atoms with Gasteiger partial charge in [0.2, 0.25) is 0 Å². The number of hydrogen-bond acceptors (Lipinski definition) is 3. The highest BCUT2D eigenvalue weighted by Gasteiger charge is 2.63. The highest BCUT2D eigenvalue weighted by atomic mass is 19.1. The zero-order chi connectivity index (χ0) is 24.6. The van der Waals surface area contributed by atoms with Crippen LogP contribution in [0.15, 0.2) is 36.4 Å². The monoisotopic (exact) mass is 495 g/mol. The second-order valence-electron chi connectivity index (χ2n) is 11.5. The first-order valence-corrected chi connectivity index (χ1v) is 13.3. The summed E-state index contributed by atoms with van der Waals surface area (Å²) >= 11 is 0. The van der Waals surface area contributed by atoms with E-state index in [4.69, 9.17) is 4.74 Å². The maximum Gasteiger partial charge on any atom is 0.135 e. The van der Waals surface area contributed by atoms with Crippen LogP contribution in [0.1, 0.15) is 55.5 Å². The average molecular weight is 496 g/mol. The number of halogens is 3. The van der Waals surface area contributed by atoms with Crippen molar-refractivity contribution in [3.05, 3.63) is 64.9 Å². The summed E-state index contributed by atoms with van der Waals surface area (Å²) in [6, 6.07) is 10.6. The van der Waals surface area contributed by atoms with Gasteiger partial charge in [0, 0.05) is 65.5 Å². The third-order valence-electron chi connectivity index (χ3n) is 9.09. The third-order valence-corrected chi connectivity index (χ3v) is 9.09. The Bertz CT molecular complexity index is 1280. The van der Waals surface area contributed by atoms with E-state index in [0.717, 1.165) is 48.2 Å². The molecule has 3 heterocycles. The number of alkyl halides is 1. The zero-order valence-electron chi connectivity index (χ0n) is 20.6. The molecule has 2 aromatic carbocycles. The summed E-state index contributed by atoms with van der Waals surface area (Å²) in [5.41, 5.74) is 3.28. The van der Waals surface area contributed by atoms with Crippen molar-refractivity contribution in [2.75, 3.05) is 26.3 Å². The van der Waals surface area contributed by atoms with E-state index in [2.05, 4.69) is 27.8 Å². The van der Waals surface area contributed by atoms with E-state index in [1.807, 2.05) is 18.2 Å². The summed E-state index contributed by atoms with van der Waals surface area (Å²) in [5, 5.41) is 1.14. The standard InChI is InChI=1S/C29H32F3N3O/c1-17-9-22-21-5-2-3-6-25(21)33-27(22)28(35(17)29-12-18(13-29)14-29)26-23(31)10-19(11-24(26)32)36-20-15-34(16-20)8-4-7-30/h2-3,5-6,10-11,17-18,20,28,33H,4,7-9,12-16H2,1H3/t17-,18?,28-,29?/m1/s1. The van der Waals surface area contributed by atoms with Crippen LogP contribution in [-0.2, 0) is 6.42 Å². The molecule has 3 aliphatic carbocycles. The number of aromatic amines is 1. The quantitative estimate of drug-likeness (QED) is 0.453. The molecule has 0 spiro atoms. The Balaban J connectivity index is 1.25. The van der Waals surface area contributed by atoms with Gasteiger partial charge >= 0.3 is 0 Å². The van der Waals surface area contributed by atoms with Crippen LogP contribution in [0, 0.1) is 17.6 Å². The first-order chi connectivity index (χ1) is 17.5. The average Bonchev–Trinajstić information content (AvgIpc) is 3.12. The van der Waals surface area contributed by atoms with Crippen molar-refractivity contribution < 1.29 is 17.9 Å². The van der Waals surface area contributed by atoms with Gasteiger partial charge in [-0.3, -0.25) is 14.2 Å². The first-order valence-electron chi connectivity index (χ1n) is 13.3. The van der Waals surface area contributed by atoms with Gasteiger partial charge in [-0.1, -0.05) is 18.2 Å². The van der Waals surface area contributed by atoms with Crippen molar-refractivity contribution in [3.8, 4) is 5.75 Å². The van der Waals surface area contributed by atoms with Crippen molar-refractivity contribution in [2.45, 2.75) is 62.8 Å². The topological polar surface area (TPSA) is 31.5 Å². The molecule has 1 saturated heterocycles. The van der Waals surface area contributed by atoms with Gasteiger partial charge in [0.1, 0.15) is 23.5 Å². The van der Waals surface area contributed by atoms with Crippen LogP contribution in [0.25, 0.3) is 10.9 Å². The Morgan fingerprint density at radius 2 is 1.81 bits per heavy atom. The Hall–Kier alpha value is -2.51. The van der Waals surface area contributed by atoms with Gasteiger partial charge in [-0.25, -0.2) is 8.78 Å². The van der Waals surface area contributed by atoms with Crippen molar-refractivity contribution in [1.82, 2.24) is 14.8 Å². The van der Waals surface area contributed by atoms with Crippen LogP contribution < -0.4 is 4.74 Å². The van der Waals surface area contributed by atoms with Crippen LogP contribution in [-0.4, -0.2) is 58.8 Å². The normalized spacial score (nSPS) is 29.9. The molecule has 5 aliphatic rings. The Morgan fingerprint density at radius 3 is 2.47 bits per heavy atom. The molecule has 3 aromatic rings. The summed E-state index contributed by atoms with van der Waals surface area (Å²) < 4.78 is 50.0. The number of rotatable bonds is 7. The molecule has 2 atom stereocenters. The number of fused-ring (bicyclic) bond motifs is 3. The summed E-state index contributed by atoms with van der Waals surface area (Å²) in [6.07, 6.45) is 4.60. The van der Waals surface area contributed by atoms with E-state index in [1.165, 1.54) is 17.7 Å². The molecule has 7 heteroatoms. The Labute approximate surface area is 209 Å². The predicted molar refractivity (Wildman–Crippen MR) is 133 cm³/mol. The Kier molecular flexibility index (Phi) is 5.20. The molecule has 0 amide bonds. The van der Waals surface area contributed by atoms with Gasteiger partial charge in [-0.05, 0) is 56.6 Å². The third kappa shape index (κ3) is 3.35. The SMILES string of the molecule is C[C@@H]1Cc2c([nH]c3ccccc23)[C@@H](c2c(F)cc(OC3CN(CCCF)C3)cc2F)N1C12CC(C1)C2. The minimum Gasteiger partial charge on any atom is -0.488 e. The van der Waals surface area contributed by atoms with E-state index in [9.17, 15) is 4.39 Å². The molecular weight excluding hydrogens is 463 g/mol. The van der Waals surface area contributed by atoms with Gasteiger partial charge in [-0.2, -0.15) is 0 Å². The minimum atomic E-state index is -0.557. The molecule has 4 nitrogen and oxygen atoms in total. The number of nitrogens with one attached hydrogen (secondary N) is 1. The maximum atomic E-state index is 15.9. The summed E-state index contributed by atoms with van der Waals surface area (Å²) in [5.74, 6) is -0.126.